The maximum atomic E-state index is 13.6. The number of benzene rings is 1. The Morgan fingerprint density at radius 3 is 2.39 bits per heavy atom. The van der Waals surface area contributed by atoms with E-state index in [2.05, 4.69) is 20.8 Å². The molecule has 1 aromatic carbocycles. The van der Waals surface area contributed by atoms with Crippen molar-refractivity contribution < 1.29 is 24.2 Å². The first-order chi connectivity index (χ1) is 15.5. The summed E-state index contributed by atoms with van der Waals surface area (Å²) in [7, 11) is 0. The van der Waals surface area contributed by atoms with E-state index >= 15 is 0 Å². The summed E-state index contributed by atoms with van der Waals surface area (Å²) in [6.45, 7) is 12.2. The lowest BCUT2D eigenvalue weighted by Gasteiger charge is -2.40. The van der Waals surface area contributed by atoms with Crippen molar-refractivity contribution in [3.8, 4) is 0 Å². The zero-order valence-corrected chi connectivity index (χ0v) is 20.8. The van der Waals surface area contributed by atoms with Crippen LogP contribution in [-0.4, -0.2) is 40.3 Å². The fourth-order valence-corrected chi connectivity index (χ4v) is 4.98. The number of ether oxygens (including phenoxy) is 2. The molecular formula is C27H39NO5. The molecule has 0 bridgehead atoms. The molecule has 0 unspecified atom stereocenters. The molecule has 1 heterocycles. The van der Waals surface area contributed by atoms with E-state index in [4.69, 9.17) is 9.47 Å². The van der Waals surface area contributed by atoms with Gasteiger partial charge in [0.2, 0.25) is 0 Å². The molecule has 182 valence electrons. The second-order valence-electron chi connectivity index (χ2n) is 10.9. The van der Waals surface area contributed by atoms with Crippen LogP contribution in [0.5, 0.6) is 0 Å². The standard InChI is InChI=1S/C27H39NO5/c1-17(2)20-13-12-18(3)16-22(20)32-25(30)23-21(29)14-15-28(26(31)33-27(4,5)6)24(23)19-10-8-7-9-11-19/h7-11,17-18,20,22,24,29H,12-16H2,1-6H3/t18-,20+,22-,24-/m1/s1. The van der Waals surface area contributed by atoms with Crippen molar-refractivity contribution >= 4 is 12.1 Å². The maximum absolute atomic E-state index is 13.6. The minimum Gasteiger partial charge on any atom is -0.512 e. The summed E-state index contributed by atoms with van der Waals surface area (Å²) in [4.78, 5) is 28.2. The number of amides is 1. The molecule has 1 amide bonds. The molecule has 1 aromatic rings. The SMILES string of the molecule is CC(C)[C@@H]1CC[C@@H](C)C[C@H]1OC(=O)C1=C(O)CCN(C(=O)OC(C)(C)C)[C@@H]1c1ccccc1. The molecule has 4 atom stereocenters. The van der Waals surface area contributed by atoms with Crippen LogP contribution in [0.15, 0.2) is 41.7 Å². The third-order valence-electron chi connectivity index (χ3n) is 6.67. The van der Waals surface area contributed by atoms with Crippen LogP contribution in [0.4, 0.5) is 4.79 Å². The van der Waals surface area contributed by atoms with Crippen molar-refractivity contribution in [2.24, 2.45) is 17.8 Å². The summed E-state index contributed by atoms with van der Waals surface area (Å²) in [5.74, 6) is 0.605. The van der Waals surface area contributed by atoms with Crippen LogP contribution >= 0.6 is 0 Å². The summed E-state index contributed by atoms with van der Waals surface area (Å²) in [5, 5.41) is 10.9. The Morgan fingerprint density at radius 2 is 1.79 bits per heavy atom. The number of hydrogen-bond acceptors (Lipinski definition) is 5. The molecule has 6 heteroatoms. The quantitative estimate of drug-likeness (QED) is 0.546. The molecule has 6 nitrogen and oxygen atoms in total. The average molecular weight is 458 g/mol. The van der Waals surface area contributed by atoms with Gasteiger partial charge < -0.3 is 14.6 Å². The van der Waals surface area contributed by atoms with Gasteiger partial charge in [-0.3, -0.25) is 4.90 Å². The van der Waals surface area contributed by atoms with Gasteiger partial charge in [-0.1, -0.05) is 57.5 Å². The molecule has 1 aliphatic carbocycles. The molecule has 0 spiro atoms. The van der Waals surface area contributed by atoms with Crippen molar-refractivity contribution in [1.29, 1.82) is 0 Å². The molecule has 1 N–H and O–H groups in total. The predicted octanol–water partition coefficient (Wildman–Crippen LogP) is 6.18. The second kappa shape index (κ2) is 10.2. The number of aliphatic hydroxyl groups excluding tert-OH is 1. The van der Waals surface area contributed by atoms with Gasteiger partial charge in [0.25, 0.3) is 0 Å². The first-order valence-corrected chi connectivity index (χ1v) is 12.2. The van der Waals surface area contributed by atoms with Crippen molar-refractivity contribution in [1.82, 2.24) is 4.90 Å². The van der Waals surface area contributed by atoms with Gasteiger partial charge in [0.05, 0.1) is 6.04 Å². The number of carbonyl (C=O) groups excluding carboxylic acids is 2. The Bertz CT molecular complexity index is 870. The van der Waals surface area contributed by atoms with Gasteiger partial charge in [-0.2, -0.15) is 0 Å². The molecule has 0 aromatic heterocycles. The van der Waals surface area contributed by atoms with E-state index in [0.29, 0.717) is 11.8 Å². The fraction of sp³-hybridized carbons (Fsp3) is 0.630. The minimum absolute atomic E-state index is 0.0152. The predicted molar refractivity (Wildman–Crippen MR) is 128 cm³/mol. The molecule has 3 rings (SSSR count). The van der Waals surface area contributed by atoms with Gasteiger partial charge in [0, 0.05) is 13.0 Å². The zero-order valence-electron chi connectivity index (χ0n) is 20.8. The van der Waals surface area contributed by atoms with E-state index in [0.717, 1.165) is 24.8 Å². The lowest BCUT2D eigenvalue weighted by molar-refractivity contribution is -0.152. The molecule has 0 saturated heterocycles. The fourth-order valence-electron chi connectivity index (χ4n) is 4.98. The molecule has 2 aliphatic rings. The van der Waals surface area contributed by atoms with E-state index in [-0.39, 0.29) is 36.3 Å². The summed E-state index contributed by atoms with van der Waals surface area (Å²) in [6.07, 6.45) is 2.43. The van der Waals surface area contributed by atoms with Gasteiger partial charge in [0.1, 0.15) is 23.0 Å². The summed E-state index contributed by atoms with van der Waals surface area (Å²) >= 11 is 0. The first kappa shape index (κ1) is 25.1. The Kier molecular flexibility index (Phi) is 7.76. The number of aliphatic hydroxyl groups is 1. The Morgan fingerprint density at radius 1 is 1.12 bits per heavy atom. The number of esters is 1. The molecular weight excluding hydrogens is 418 g/mol. The lowest BCUT2D eigenvalue weighted by Crippen LogP contribution is -2.45. The van der Waals surface area contributed by atoms with E-state index < -0.39 is 23.7 Å². The number of hydrogen-bond donors (Lipinski definition) is 1. The van der Waals surface area contributed by atoms with Crippen LogP contribution < -0.4 is 0 Å². The van der Waals surface area contributed by atoms with Crippen LogP contribution in [-0.2, 0) is 14.3 Å². The van der Waals surface area contributed by atoms with Crippen molar-refractivity contribution in [3.05, 3.63) is 47.2 Å². The smallest absolute Gasteiger partial charge is 0.411 e. The summed E-state index contributed by atoms with van der Waals surface area (Å²) in [6, 6.07) is 8.54. The molecule has 1 fully saturated rings. The third kappa shape index (κ3) is 6.10. The number of nitrogens with zero attached hydrogens (tertiary/aromatic N) is 1. The van der Waals surface area contributed by atoms with E-state index in [1.165, 1.54) is 4.90 Å². The normalized spacial score (nSPS) is 26.3. The van der Waals surface area contributed by atoms with Crippen LogP contribution in [0.25, 0.3) is 0 Å². The Balaban J connectivity index is 1.94. The third-order valence-corrected chi connectivity index (χ3v) is 6.67. The highest BCUT2D eigenvalue weighted by atomic mass is 16.6. The van der Waals surface area contributed by atoms with Crippen LogP contribution in [0.3, 0.4) is 0 Å². The van der Waals surface area contributed by atoms with Gasteiger partial charge in [-0.05, 0) is 56.9 Å². The van der Waals surface area contributed by atoms with E-state index in [1.54, 1.807) is 0 Å². The van der Waals surface area contributed by atoms with Gasteiger partial charge >= 0.3 is 12.1 Å². The highest BCUT2D eigenvalue weighted by Gasteiger charge is 2.42. The van der Waals surface area contributed by atoms with Gasteiger partial charge in [-0.25, -0.2) is 9.59 Å². The summed E-state index contributed by atoms with van der Waals surface area (Å²) < 4.78 is 11.7. The van der Waals surface area contributed by atoms with Gasteiger partial charge in [-0.15, -0.1) is 0 Å². The molecule has 0 radical (unpaired) electrons. The topological polar surface area (TPSA) is 76.1 Å². The zero-order chi connectivity index (χ0) is 24.3. The van der Waals surface area contributed by atoms with Crippen molar-refractivity contribution in [3.63, 3.8) is 0 Å². The van der Waals surface area contributed by atoms with Crippen LogP contribution in [0.2, 0.25) is 0 Å². The Hall–Kier alpha value is -2.50. The van der Waals surface area contributed by atoms with Gasteiger partial charge in [0.15, 0.2) is 0 Å². The van der Waals surface area contributed by atoms with E-state index in [9.17, 15) is 14.7 Å². The number of rotatable bonds is 4. The largest absolute Gasteiger partial charge is 0.512 e. The Labute approximate surface area is 197 Å². The molecule has 33 heavy (non-hydrogen) atoms. The highest BCUT2D eigenvalue weighted by Crippen LogP contribution is 2.40. The lowest BCUT2D eigenvalue weighted by atomic mass is 9.75. The summed E-state index contributed by atoms with van der Waals surface area (Å²) in [5.41, 5.74) is 0.197. The molecule has 1 aliphatic heterocycles. The average Bonchev–Trinajstić information content (AvgIpc) is 2.72. The maximum Gasteiger partial charge on any atom is 0.411 e. The van der Waals surface area contributed by atoms with Crippen molar-refractivity contribution in [2.75, 3.05) is 6.54 Å². The van der Waals surface area contributed by atoms with E-state index in [1.807, 2.05) is 51.1 Å². The van der Waals surface area contributed by atoms with Crippen LogP contribution in [0.1, 0.15) is 78.8 Å². The minimum atomic E-state index is -0.763. The second-order valence-corrected chi connectivity index (χ2v) is 10.9. The first-order valence-electron chi connectivity index (χ1n) is 12.2. The monoisotopic (exact) mass is 457 g/mol. The number of carbonyl (C=O) groups is 2. The molecule has 1 saturated carbocycles. The highest BCUT2D eigenvalue weighted by molar-refractivity contribution is 5.92. The van der Waals surface area contributed by atoms with Crippen molar-refractivity contribution in [2.45, 2.75) is 85.0 Å². The van der Waals surface area contributed by atoms with Crippen LogP contribution in [0, 0.1) is 17.8 Å².